The SMILES string of the molecule is COc1cccc(COc2ccc3oc(C4=C(C)C(O)=C(C)C(C=O)O4)cc3c2)c1. The van der Waals surface area contributed by atoms with Crippen molar-refractivity contribution < 1.29 is 28.5 Å². The maximum Gasteiger partial charge on any atom is 0.178 e. The van der Waals surface area contributed by atoms with Crippen molar-refractivity contribution in [3.8, 4) is 11.5 Å². The second-order valence-corrected chi connectivity index (χ2v) is 7.11. The van der Waals surface area contributed by atoms with Crippen LogP contribution >= 0.6 is 0 Å². The van der Waals surface area contributed by atoms with Crippen LogP contribution in [0.2, 0.25) is 0 Å². The van der Waals surface area contributed by atoms with E-state index in [1.165, 1.54) is 0 Å². The summed E-state index contributed by atoms with van der Waals surface area (Å²) in [5.41, 5.74) is 2.65. The summed E-state index contributed by atoms with van der Waals surface area (Å²) >= 11 is 0. The smallest absolute Gasteiger partial charge is 0.178 e. The fourth-order valence-electron chi connectivity index (χ4n) is 3.37. The number of carbonyl (C=O) groups excluding carboxylic acids is 1. The highest BCUT2D eigenvalue weighted by molar-refractivity contribution is 5.84. The quantitative estimate of drug-likeness (QED) is 0.568. The van der Waals surface area contributed by atoms with Crippen LogP contribution in [0.5, 0.6) is 11.5 Å². The summed E-state index contributed by atoms with van der Waals surface area (Å²) in [4.78, 5) is 11.3. The first kappa shape index (κ1) is 19.6. The lowest BCUT2D eigenvalue weighted by atomic mass is 10.0. The zero-order chi connectivity index (χ0) is 21.3. The average molecular weight is 406 g/mol. The van der Waals surface area contributed by atoms with Crippen LogP contribution in [0.4, 0.5) is 0 Å². The molecule has 1 aliphatic heterocycles. The molecule has 0 bridgehead atoms. The molecule has 30 heavy (non-hydrogen) atoms. The third-order valence-electron chi connectivity index (χ3n) is 5.12. The van der Waals surface area contributed by atoms with Gasteiger partial charge in [0.2, 0.25) is 0 Å². The molecule has 0 aliphatic carbocycles. The van der Waals surface area contributed by atoms with Gasteiger partial charge in [-0.25, -0.2) is 0 Å². The Morgan fingerprint density at radius 2 is 1.93 bits per heavy atom. The fraction of sp³-hybridized carbons (Fsp3) is 0.208. The lowest BCUT2D eigenvalue weighted by Crippen LogP contribution is -2.22. The van der Waals surface area contributed by atoms with Gasteiger partial charge in [-0.1, -0.05) is 12.1 Å². The monoisotopic (exact) mass is 406 g/mol. The highest BCUT2D eigenvalue weighted by atomic mass is 16.5. The number of aliphatic hydroxyl groups excluding tert-OH is 1. The molecule has 154 valence electrons. The lowest BCUT2D eigenvalue weighted by molar-refractivity contribution is -0.113. The van der Waals surface area contributed by atoms with Crippen LogP contribution in [0.3, 0.4) is 0 Å². The first-order valence-corrected chi connectivity index (χ1v) is 9.52. The Balaban J connectivity index is 1.59. The minimum absolute atomic E-state index is 0.0520. The third kappa shape index (κ3) is 3.64. The van der Waals surface area contributed by atoms with Crippen LogP contribution in [0.1, 0.15) is 25.2 Å². The molecule has 1 aromatic heterocycles. The van der Waals surface area contributed by atoms with E-state index in [9.17, 15) is 9.90 Å². The molecular formula is C24H22O6. The summed E-state index contributed by atoms with van der Waals surface area (Å²) < 4.78 is 22.8. The van der Waals surface area contributed by atoms with Gasteiger partial charge in [0.25, 0.3) is 0 Å². The third-order valence-corrected chi connectivity index (χ3v) is 5.12. The molecule has 1 aliphatic rings. The maximum atomic E-state index is 11.3. The van der Waals surface area contributed by atoms with Crippen LogP contribution in [-0.2, 0) is 16.1 Å². The number of carbonyl (C=O) groups is 1. The number of hydrogen-bond acceptors (Lipinski definition) is 6. The summed E-state index contributed by atoms with van der Waals surface area (Å²) in [6, 6.07) is 15.0. The van der Waals surface area contributed by atoms with Crippen molar-refractivity contribution in [1.82, 2.24) is 0 Å². The van der Waals surface area contributed by atoms with Crippen LogP contribution in [-0.4, -0.2) is 24.6 Å². The second-order valence-electron chi connectivity index (χ2n) is 7.11. The van der Waals surface area contributed by atoms with Gasteiger partial charge < -0.3 is 23.7 Å². The zero-order valence-corrected chi connectivity index (χ0v) is 17.0. The molecule has 0 radical (unpaired) electrons. The minimum atomic E-state index is -0.835. The zero-order valence-electron chi connectivity index (χ0n) is 17.0. The molecule has 0 fully saturated rings. The molecule has 0 amide bonds. The number of hydrogen-bond donors (Lipinski definition) is 1. The van der Waals surface area contributed by atoms with Crippen molar-refractivity contribution in [2.45, 2.75) is 26.6 Å². The van der Waals surface area contributed by atoms with Crippen molar-refractivity contribution in [3.63, 3.8) is 0 Å². The van der Waals surface area contributed by atoms with E-state index in [-0.39, 0.29) is 5.76 Å². The van der Waals surface area contributed by atoms with Crippen LogP contribution in [0, 0.1) is 0 Å². The van der Waals surface area contributed by atoms with Gasteiger partial charge in [-0.05, 0) is 55.8 Å². The Hall–Kier alpha value is -3.67. The number of aliphatic hydroxyl groups is 1. The molecule has 3 aromatic rings. The number of fused-ring (bicyclic) bond motifs is 1. The number of ether oxygens (including phenoxy) is 3. The standard InChI is InChI=1S/C24H22O6/c1-14-22(12-25)30-24(15(2)23(14)26)21-11-17-10-19(7-8-20(17)29-21)28-13-16-5-4-6-18(9-16)27-3/h4-12,22,26H,13H2,1-3H3. The molecule has 6 nitrogen and oxygen atoms in total. The van der Waals surface area contributed by atoms with E-state index in [1.54, 1.807) is 21.0 Å². The van der Waals surface area contributed by atoms with Gasteiger partial charge in [0, 0.05) is 16.5 Å². The number of rotatable bonds is 6. The molecule has 1 unspecified atom stereocenters. The van der Waals surface area contributed by atoms with E-state index in [2.05, 4.69) is 0 Å². The Kier molecular flexibility index (Phi) is 5.23. The van der Waals surface area contributed by atoms with Crippen molar-refractivity contribution in [2.75, 3.05) is 7.11 Å². The van der Waals surface area contributed by atoms with Crippen LogP contribution in [0.25, 0.3) is 16.7 Å². The molecule has 6 heteroatoms. The summed E-state index contributed by atoms with van der Waals surface area (Å²) in [5, 5.41) is 11.2. The number of methoxy groups -OCH3 is 1. The molecule has 1 N–H and O–H groups in total. The van der Waals surface area contributed by atoms with Crippen molar-refractivity contribution in [1.29, 1.82) is 0 Å². The Labute approximate surface area is 174 Å². The van der Waals surface area contributed by atoms with Crippen molar-refractivity contribution >= 4 is 23.0 Å². The molecule has 4 rings (SSSR count). The van der Waals surface area contributed by atoms with E-state index in [1.807, 2.05) is 48.5 Å². The lowest BCUT2D eigenvalue weighted by Gasteiger charge is -2.24. The van der Waals surface area contributed by atoms with E-state index in [4.69, 9.17) is 18.6 Å². The predicted octanol–water partition coefficient (Wildman–Crippen LogP) is 5.18. The van der Waals surface area contributed by atoms with Gasteiger partial charge in [0.05, 0.1) is 7.11 Å². The van der Waals surface area contributed by atoms with Gasteiger partial charge >= 0.3 is 0 Å². The second kappa shape index (κ2) is 7.99. The Bertz CT molecular complexity index is 1170. The van der Waals surface area contributed by atoms with Crippen molar-refractivity contribution in [3.05, 3.63) is 76.8 Å². The van der Waals surface area contributed by atoms with Gasteiger partial charge in [0.1, 0.15) is 29.4 Å². The minimum Gasteiger partial charge on any atom is -0.507 e. The van der Waals surface area contributed by atoms with Crippen LogP contribution < -0.4 is 9.47 Å². The summed E-state index contributed by atoms with van der Waals surface area (Å²) in [5.74, 6) is 2.32. The largest absolute Gasteiger partial charge is 0.507 e. The highest BCUT2D eigenvalue weighted by Crippen LogP contribution is 2.36. The summed E-state index contributed by atoms with van der Waals surface area (Å²) in [7, 11) is 1.63. The van der Waals surface area contributed by atoms with Gasteiger partial charge in [-0.2, -0.15) is 0 Å². The molecule has 0 spiro atoms. The molecular weight excluding hydrogens is 384 g/mol. The molecule has 1 atom stereocenters. The molecule has 0 saturated carbocycles. The first-order chi connectivity index (χ1) is 14.5. The van der Waals surface area contributed by atoms with Gasteiger partial charge in [-0.3, -0.25) is 4.79 Å². The number of furan rings is 1. The molecule has 2 aromatic carbocycles. The molecule has 0 saturated heterocycles. The normalized spacial score (nSPS) is 16.6. The van der Waals surface area contributed by atoms with E-state index >= 15 is 0 Å². The predicted molar refractivity (Wildman–Crippen MR) is 112 cm³/mol. The fourth-order valence-corrected chi connectivity index (χ4v) is 3.37. The van der Waals surface area contributed by atoms with E-state index in [0.29, 0.717) is 46.9 Å². The first-order valence-electron chi connectivity index (χ1n) is 9.52. The summed E-state index contributed by atoms with van der Waals surface area (Å²) in [6.07, 6.45) is -0.177. The molecule has 2 heterocycles. The average Bonchev–Trinajstić information content (AvgIpc) is 3.19. The van der Waals surface area contributed by atoms with Crippen molar-refractivity contribution in [2.24, 2.45) is 0 Å². The Morgan fingerprint density at radius 1 is 1.10 bits per heavy atom. The van der Waals surface area contributed by atoms with E-state index < -0.39 is 6.10 Å². The van der Waals surface area contributed by atoms with Gasteiger partial charge in [0.15, 0.2) is 23.9 Å². The van der Waals surface area contributed by atoms with E-state index in [0.717, 1.165) is 16.7 Å². The van der Waals surface area contributed by atoms with Crippen LogP contribution in [0.15, 0.2) is 69.9 Å². The number of allylic oxidation sites excluding steroid dienone is 1. The summed E-state index contributed by atoms with van der Waals surface area (Å²) in [6.45, 7) is 3.80. The number of aldehydes is 1. The van der Waals surface area contributed by atoms with Gasteiger partial charge in [-0.15, -0.1) is 0 Å². The Morgan fingerprint density at radius 3 is 2.70 bits per heavy atom. The topological polar surface area (TPSA) is 78.1 Å². The number of benzene rings is 2. The highest BCUT2D eigenvalue weighted by Gasteiger charge is 2.28. The maximum absolute atomic E-state index is 11.3.